The maximum Gasteiger partial charge on any atom is 0.241 e. The van der Waals surface area contributed by atoms with Crippen LogP contribution in [0.4, 0.5) is 10.1 Å². The van der Waals surface area contributed by atoms with E-state index in [9.17, 15) is 9.59 Å². The number of aromatic nitrogens is 1. The predicted molar refractivity (Wildman–Crippen MR) is 173 cm³/mol. The van der Waals surface area contributed by atoms with E-state index >= 15 is 4.39 Å². The molecule has 46 heavy (non-hydrogen) atoms. The fourth-order valence-electron chi connectivity index (χ4n) is 7.32. The number of fused-ring (bicyclic) bond motifs is 1. The molecule has 4 unspecified atom stereocenters. The number of ether oxygens (including phenoxy) is 2. The average molecular weight is 631 g/mol. The summed E-state index contributed by atoms with van der Waals surface area (Å²) in [6.45, 7) is 2.56. The van der Waals surface area contributed by atoms with E-state index in [4.69, 9.17) is 9.47 Å². The average Bonchev–Trinajstić information content (AvgIpc) is 3.49. The molecule has 4 N–H and O–H groups in total. The first kappa shape index (κ1) is 31.9. The van der Waals surface area contributed by atoms with Gasteiger partial charge in [-0.05, 0) is 99.0 Å². The van der Waals surface area contributed by atoms with E-state index < -0.39 is 11.9 Å². The lowest BCUT2D eigenvalue weighted by Crippen LogP contribution is -2.56. The van der Waals surface area contributed by atoms with Crippen molar-refractivity contribution in [1.82, 2.24) is 26.1 Å². The summed E-state index contributed by atoms with van der Waals surface area (Å²) >= 11 is 0. The third-order valence-corrected chi connectivity index (χ3v) is 9.75. The summed E-state index contributed by atoms with van der Waals surface area (Å²) < 4.78 is 25.8. The molecular formula is C35H43FN6O4. The normalized spacial score (nSPS) is 26.2. The highest BCUT2D eigenvalue weighted by Crippen LogP contribution is 2.40. The Morgan fingerprint density at radius 2 is 1.83 bits per heavy atom. The number of nitrogens with zero attached hydrogens (tertiary/aromatic N) is 2. The molecule has 244 valence electrons. The number of anilines is 1. The van der Waals surface area contributed by atoms with Gasteiger partial charge >= 0.3 is 0 Å². The van der Waals surface area contributed by atoms with Gasteiger partial charge in [0.2, 0.25) is 11.8 Å². The number of carbonyl (C=O) groups excluding carboxylic acids is 2. The molecule has 0 spiro atoms. The molecule has 3 aromatic rings. The molecule has 1 aliphatic carbocycles. The second-order valence-corrected chi connectivity index (χ2v) is 12.6. The zero-order valence-electron chi connectivity index (χ0n) is 26.6. The molecule has 2 aliphatic heterocycles. The summed E-state index contributed by atoms with van der Waals surface area (Å²) in [5.74, 6) is 0.772. The highest BCUT2D eigenvalue weighted by atomic mass is 19.1. The van der Waals surface area contributed by atoms with Gasteiger partial charge < -0.3 is 20.1 Å². The van der Waals surface area contributed by atoms with Gasteiger partial charge in [-0.1, -0.05) is 6.07 Å². The van der Waals surface area contributed by atoms with Crippen molar-refractivity contribution in [2.24, 2.45) is 11.8 Å². The van der Waals surface area contributed by atoms with Crippen LogP contribution in [0.3, 0.4) is 0 Å². The number of hydrazine groups is 1. The number of amides is 2. The van der Waals surface area contributed by atoms with E-state index in [-0.39, 0.29) is 42.3 Å². The van der Waals surface area contributed by atoms with Gasteiger partial charge in [0.15, 0.2) is 0 Å². The van der Waals surface area contributed by atoms with Crippen molar-refractivity contribution in [2.75, 3.05) is 26.1 Å². The van der Waals surface area contributed by atoms with Crippen LogP contribution in [0.25, 0.3) is 0 Å². The second kappa shape index (κ2) is 14.1. The maximum absolute atomic E-state index is 15.1. The minimum Gasteiger partial charge on any atom is -0.497 e. The number of piperidine rings is 1. The van der Waals surface area contributed by atoms with E-state index in [1.807, 2.05) is 24.1 Å². The lowest BCUT2D eigenvalue weighted by Gasteiger charge is -2.40. The number of benzene rings is 2. The van der Waals surface area contributed by atoms with Crippen molar-refractivity contribution in [3.05, 3.63) is 83.4 Å². The number of aryl methyl sites for hydroxylation is 1. The first-order valence-corrected chi connectivity index (χ1v) is 16.1. The molecule has 10 nitrogen and oxygen atoms in total. The molecule has 6 rings (SSSR count). The van der Waals surface area contributed by atoms with Crippen LogP contribution in [0, 0.1) is 24.6 Å². The molecule has 2 aromatic carbocycles. The fraction of sp³-hybridized carbons (Fsp3) is 0.457. The van der Waals surface area contributed by atoms with E-state index in [1.54, 1.807) is 43.5 Å². The van der Waals surface area contributed by atoms with Crippen LogP contribution < -0.4 is 31.0 Å². The second-order valence-electron chi connectivity index (χ2n) is 12.6. The number of hydrogen-bond acceptors (Lipinski definition) is 8. The summed E-state index contributed by atoms with van der Waals surface area (Å²) in [4.78, 5) is 33.6. The van der Waals surface area contributed by atoms with E-state index in [0.717, 1.165) is 25.0 Å². The first-order valence-electron chi connectivity index (χ1n) is 16.1. The largest absolute Gasteiger partial charge is 0.497 e. The lowest BCUT2D eigenvalue weighted by atomic mass is 9.74. The molecule has 1 aromatic heterocycles. The van der Waals surface area contributed by atoms with Gasteiger partial charge in [0.25, 0.3) is 0 Å². The monoisotopic (exact) mass is 630 g/mol. The fourth-order valence-corrected chi connectivity index (χ4v) is 7.32. The zero-order chi connectivity index (χ0) is 32.2. The van der Waals surface area contributed by atoms with Crippen LogP contribution >= 0.6 is 0 Å². The molecule has 0 radical (unpaired) electrons. The SMILES string of the molecule is COc1ccc(NC(=O)[C@@H]2CC[C@@H](NC(=O)C3CCC4NNC(c5ccnc(C)c5)C4C3)CN2Cc2c(F)cccc2OC)cc1. The summed E-state index contributed by atoms with van der Waals surface area (Å²) in [5, 5.41) is 6.32. The van der Waals surface area contributed by atoms with Crippen LogP contribution in [0.2, 0.25) is 0 Å². The smallest absolute Gasteiger partial charge is 0.241 e. The van der Waals surface area contributed by atoms with Crippen LogP contribution in [-0.2, 0) is 16.1 Å². The van der Waals surface area contributed by atoms with Gasteiger partial charge in [-0.3, -0.25) is 24.9 Å². The van der Waals surface area contributed by atoms with Crippen molar-refractivity contribution in [1.29, 1.82) is 0 Å². The van der Waals surface area contributed by atoms with Crippen LogP contribution in [-0.4, -0.2) is 60.6 Å². The topological polar surface area (TPSA) is 117 Å². The molecule has 3 aliphatic rings. The molecule has 2 amide bonds. The third-order valence-electron chi connectivity index (χ3n) is 9.75. The summed E-state index contributed by atoms with van der Waals surface area (Å²) in [6, 6.07) is 15.8. The molecule has 3 fully saturated rings. The van der Waals surface area contributed by atoms with Crippen molar-refractivity contribution < 1.29 is 23.5 Å². The van der Waals surface area contributed by atoms with Crippen LogP contribution in [0.5, 0.6) is 11.5 Å². The number of nitrogens with one attached hydrogen (secondary N) is 4. The number of likely N-dealkylation sites (tertiary alicyclic amines) is 1. The third kappa shape index (κ3) is 7.01. The summed E-state index contributed by atoms with van der Waals surface area (Å²) in [5.41, 5.74) is 10.1. The standard InChI is InChI=1S/C35H43FN6O4/c1-21-17-22(15-16-37-21)33-27-18-23(7-13-30(27)40-41-33)34(43)39-25-10-14-31(35(44)38-24-8-11-26(45-2)12-9-24)42(19-25)20-28-29(36)5-4-6-32(28)46-3/h4-6,8-9,11-12,15-17,23,25,27,30-31,33,40-41H,7,10,13-14,18-20H2,1-3H3,(H,38,44)(H,39,43)/t23?,25-,27?,30?,31+,33?/m1/s1. The minimum atomic E-state index is -0.518. The van der Waals surface area contributed by atoms with Crippen molar-refractivity contribution in [3.63, 3.8) is 0 Å². The molecule has 6 atom stereocenters. The number of halogens is 1. The number of rotatable bonds is 9. The number of methoxy groups -OCH3 is 2. The van der Waals surface area contributed by atoms with E-state index in [2.05, 4.69) is 32.5 Å². The number of pyridine rings is 1. The van der Waals surface area contributed by atoms with E-state index in [0.29, 0.717) is 48.2 Å². The molecule has 1 saturated carbocycles. The highest BCUT2D eigenvalue weighted by Gasteiger charge is 2.43. The molecule has 11 heteroatoms. The summed E-state index contributed by atoms with van der Waals surface area (Å²) in [7, 11) is 3.10. The number of hydrogen-bond donors (Lipinski definition) is 4. The molecule has 3 heterocycles. The molecule has 2 saturated heterocycles. The maximum atomic E-state index is 15.1. The van der Waals surface area contributed by atoms with E-state index in [1.165, 1.54) is 18.7 Å². The Kier molecular flexibility index (Phi) is 9.81. The van der Waals surface area contributed by atoms with Crippen molar-refractivity contribution in [2.45, 2.75) is 69.7 Å². The predicted octanol–water partition coefficient (Wildman–Crippen LogP) is 4.27. The van der Waals surface area contributed by atoms with Crippen LogP contribution in [0.15, 0.2) is 60.8 Å². The minimum absolute atomic E-state index is 0.0459. The van der Waals surface area contributed by atoms with Crippen LogP contribution in [0.1, 0.15) is 55.0 Å². The van der Waals surface area contributed by atoms with Gasteiger partial charge in [-0.25, -0.2) is 9.82 Å². The zero-order valence-corrected chi connectivity index (χ0v) is 26.6. The Morgan fingerprint density at radius 3 is 2.59 bits per heavy atom. The van der Waals surface area contributed by atoms with Crippen molar-refractivity contribution in [3.8, 4) is 11.5 Å². The molecule has 0 bridgehead atoms. The van der Waals surface area contributed by atoms with Gasteiger partial charge in [0.1, 0.15) is 17.3 Å². The number of carbonyl (C=O) groups is 2. The van der Waals surface area contributed by atoms with Gasteiger partial charge in [0, 0.05) is 54.2 Å². The van der Waals surface area contributed by atoms with Gasteiger partial charge in [-0.15, -0.1) is 0 Å². The summed E-state index contributed by atoms with van der Waals surface area (Å²) in [6.07, 6.45) is 5.48. The van der Waals surface area contributed by atoms with Crippen molar-refractivity contribution >= 4 is 17.5 Å². The Labute approximate surface area is 269 Å². The highest BCUT2D eigenvalue weighted by molar-refractivity contribution is 5.95. The Bertz CT molecular complexity index is 1540. The Balaban J connectivity index is 1.14. The molecular weight excluding hydrogens is 587 g/mol. The van der Waals surface area contributed by atoms with Gasteiger partial charge in [-0.2, -0.15) is 0 Å². The Hall–Kier alpha value is -4.06. The van der Waals surface area contributed by atoms with Gasteiger partial charge in [0.05, 0.1) is 26.3 Å². The first-order chi connectivity index (χ1) is 22.3. The Morgan fingerprint density at radius 1 is 1.00 bits per heavy atom. The lowest BCUT2D eigenvalue weighted by molar-refractivity contribution is -0.128. The quantitative estimate of drug-likeness (QED) is 0.277.